The van der Waals surface area contributed by atoms with Gasteiger partial charge in [0.25, 0.3) is 0 Å². The molecule has 154 valence electrons. The van der Waals surface area contributed by atoms with Crippen molar-refractivity contribution in [3.8, 4) is 5.69 Å². The van der Waals surface area contributed by atoms with Crippen molar-refractivity contribution < 1.29 is 23.1 Å². The highest BCUT2D eigenvalue weighted by Gasteiger charge is 2.53. The van der Waals surface area contributed by atoms with E-state index in [2.05, 4.69) is 4.98 Å². The summed E-state index contributed by atoms with van der Waals surface area (Å²) in [7, 11) is 0. The lowest BCUT2D eigenvalue weighted by Crippen LogP contribution is -2.33. The second-order valence-corrected chi connectivity index (χ2v) is 7.59. The third-order valence-electron chi connectivity index (χ3n) is 5.75. The van der Waals surface area contributed by atoms with Crippen molar-refractivity contribution in [2.45, 2.75) is 18.5 Å². The van der Waals surface area contributed by atoms with Crippen molar-refractivity contribution in [1.29, 1.82) is 0 Å². The van der Waals surface area contributed by atoms with E-state index in [1.165, 1.54) is 0 Å². The lowest BCUT2D eigenvalue weighted by molar-refractivity contribution is 0.0695. The van der Waals surface area contributed by atoms with Crippen LogP contribution < -0.4 is 16.1 Å². The lowest BCUT2D eigenvalue weighted by Gasteiger charge is -2.22. The van der Waals surface area contributed by atoms with E-state index in [0.29, 0.717) is 12.6 Å². The van der Waals surface area contributed by atoms with Gasteiger partial charge in [-0.2, -0.15) is 0 Å². The highest BCUT2D eigenvalue weighted by molar-refractivity contribution is 5.92. The van der Waals surface area contributed by atoms with E-state index in [-0.39, 0.29) is 40.5 Å². The van der Waals surface area contributed by atoms with Crippen LogP contribution in [0, 0.1) is 23.4 Å². The van der Waals surface area contributed by atoms with Gasteiger partial charge in [0, 0.05) is 30.9 Å². The number of hydrogen-bond donors (Lipinski definition) is 2. The molecule has 1 aromatic carbocycles. The summed E-state index contributed by atoms with van der Waals surface area (Å²) in [6.45, 7) is 0.382. The Morgan fingerprint density at radius 1 is 1.20 bits per heavy atom. The van der Waals surface area contributed by atoms with Crippen molar-refractivity contribution >= 4 is 22.8 Å². The maximum Gasteiger partial charge on any atom is 0.341 e. The van der Waals surface area contributed by atoms with E-state index in [4.69, 9.17) is 5.73 Å². The third kappa shape index (κ3) is 2.67. The van der Waals surface area contributed by atoms with Gasteiger partial charge in [0.15, 0.2) is 17.3 Å². The van der Waals surface area contributed by atoms with E-state index in [1.807, 2.05) is 0 Å². The smallest absolute Gasteiger partial charge is 0.341 e. The minimum atomic E-state index is -1.56. The van der Waals surface area contributed by atoms with Crippen molar-refractivity contribution in [2.24, 2.45) is 11.7 Å². The van der Waals surface area contributed by atoms with Crippen molar-refractivity contribution in [1.82, 2.24) is 9.55 Å². The van der Waals surface area contributed by atoms with Gasteiger partial charge >= 0.3 is 5.97 Å². The molecule has 5 rings (SSSR count). The molecule has 1 saturated carbocycles. The molecule has 3 heterocycles. The number of pyridine rings is 2. The molecule has 0 spiro atoms. The molecule has 3 aromatic rings. The Morgan fingerprint density at radius 3 is 2.57 bits per heavy atom. The fourth-order valence-corrected chi connectivity index (χ4v) is 4.19. The highest BCUT2D eigenvalue weighted by atomic mass is 19.1. The van der Waals surface area contributed by atoms with Gasteiger partial charge in [-0.05, 0) is 30.5 Å². The van der Waals surface area contributed by atoms with Crippen molar-refractivity contribution in [2.75, 3.05) is 11.4 Å². The van der Waals surface area contributed by atoms with E-state index in [9.17, 15) is 27.9 Å². The van der Waals surface area contributed by atoms with Crippen LogP contribution in [0.1, 0.15) is 16.8 Å². The van der Waals surface area contributed by atoms with Gasteiger partial charge in [-0.15, -0.1) is 0 Å². The first-order valence-corrected chi connectivity index (χ1v) is 9.23. The molecule has 0 radical (unpaired) electrons. The molecule has 1 aliphatic carbocycles. The molecule has 1 aliphatic heterocycles. The van der Waals surface area contributed by atoms with Crippen LogP contribution >= 0.6 is 0 Å². The lowest BCUT2D eigenvalue weighted by atomic mass is 10.1. The molecular weight excluding hydrogens is 401 g/mol. The van der Waals surface area contributed by atoms with Crippen LogP contribution in [0.2, 0.25) is 0 Å². The highest BCUT2D eigenvalue weighted by Crippen LogP contribution is 2.46. The number of nitrogens with two attached hydrogens (primary N) is 1. The molecule has 7 nitrogen and oxygen atoms in total. The molecule has 2 aromatic heterocycles. The van der Waals surface area contributed by atoms with Crippen LogP contribution in [-0.4, -0.2) is 39.3 Å². The number of rotatable bonds is 3. The Hall–Kier alpha value is -3.40. The summed E-state index contributed by atoms with van der Waals surface area (Å²) in [6, 6.07) is 3.53. The monoisotopic (exact) mass is 416 g/mol. The van der Waals surface area contributed by atoms with Gasteiger partial charge in [0.2, 0.25) is 5.43 Å². The number of aromatic nitrogens is 2. The summed E-state index contributed by atoms with van der Waals surface area (Å²) in [5, 5.41) is 9.05. The zero-order chi connectivity index (χ0) is 21.3. The van der Waals surface area contributed by atoms with Crippen LogP contribution in [0.4, 0.5) is 19.0 Å². The molecular formula is C20H15F3N4O3. The zero-order valence-electron chi connectivity index (χ0n) is 15.3. The molecule has 30 heavy (non-hydrogen) atoms. The van der Waals surface area contributed by atoms with Gasteiger partial charge in [0.1, 0.15) is 17.2 Å². The van der Waals surface area contributed by atoms with Crippen LogP contribution in [-0.2, 0) is 0 Å². The number of carboxylic acids is 1. The van der Waals surface area contributed by atoms with E-state index >= 15 is 0 Å². The third-order valence-corrected chi connectivity index (χ3v) is 5.75. The number of fused-ring (bicyclic) bond motifs is 2. The van der Waals surface area contributed by atoms with Crippen LogP contribution in [0.5, 0.6) is 0 Å². The second-order valence-electron chi connectivity index (χ2n) is 7.59. The Morgan fingerprint density at radius 2 is 1.97 bits per heavy atom. The normalized spacial score (nSPS) is 22.4. The Kier molecular flexibility index (Phi) is 3.91. The number of anilines is 1. The van der Waals surface area contributed by atoms with Gasteiger partial charge in [-0.3, -0.25) is 9.36 Å². The fourth-order valence-electron chi connectivity index (χ4n) is 4.19. The summed E-state index contributed by atoms with van der Waals surface area (Å²) in [6.07, 6.45) is 1.71. The van der Waals surface area contributed by atoms with E-state index in [1.54, 1.807) is 4.90 Å². The van der Waals surface area contributed by atoms with Crippen LogP contribution in [0.3, 0.4) is 0 Å². The molecule has 3 atom stereocenters. The fraction of sp³-hybridized carbons (Fsp3) is 0.250. The summed E-state index contributed by atoms with van der Waals surface area (Å²) in [5.74, 6) is -3.98. The number of carbonyl (C=O) groups is 1. The number of piperidine rings is 1. The quantitative estimate of drug-likeness (QED) is 0.678. The van der Waals surface area contributed by atoms with Crippen LogP contribution in [0.15, 0.2) is 35.3 Å². The van der Waals surface area contributed by atoms with Crippen molar-refractivity contribution in [3.05, 3.63) is 63.7 Å². The molecule has 3 unspecified atom stereocenters. The minimum Gasteiger partial charge on any atom is -0.477 e. The Balaban J connectivity index is 1.81. The second kappa shape index (κ2) is 6.30. The Labute approximate surface area is 167 Å². The maximum atomic E-state index is 14.9. The van der Waals surface area contributed by atoms with E-state index < -0.39 is 34.4 Å². The standard InChI is InChI=1S/C20H15F3N4O3/c21-8-1-2-15(12(22)3-8)26-6-11(20(29)30)17(28)10-4-13(23)19(25-18(10)26)27-7-14(24)9-5-16(9)27/h1-4,6,9,14,16H,5,7,24H2,(H,29,30). The molecule has 2 fully saturated rings. The molecule has 3 N–H and O–H groups in total. The first-order chi connectivity index (χ1) is 14.3. The molecule has 0 amide bonds. The van der Waals surface area contributed by atoms with Gasteiger partial charge < -0.3 is 15.7 Å². The molecule has 0 bridgehead atoms. The summed E-state index contributed by atoms with van der Waals surface area (Å²) >= 11 is 0. The largest absolute Gasteiger partial charge is 0.477 e. The Bertz CT molecular complexity index is 1290. The predicted molar refractivity (Wildman–Crippen MR) is 101 cm³/mol. The summed E-state index contributed by atoms with van der Waals surface area (Å²) in [4.78, 5) is 30.1. The van der Waals surface area contributed by atoms with Gasteiger partial charge in [-0.1, -0.05) is 0 Å². The van der Waals surface area contributed by atoms with Gasteiger partial charge in [0.05, 0.1) is 11.1 Å². The zero-order valence-corrected chi connectivity index (χ0v) is 15.3. The predicted octanol–water partition coefficient (Wildman–Crippen LogP) is 2.04. The van der Waals surface area contributed by atoms with E-state index in [0.717, 1.165) is 35.4 Å². The summed E-state index contributed by atoms with van der Waals surface area (Å²) < 4.78 is 43.8. The maximum absolute atomic E-state index is 14.9. The molecule has 1 saturated heterocycles. The number of hydrogen-bond acceptors (Lipinski definition) is 5. The average Bonchev–Trinajstić information content (AvgIpc) is 3.41. The summed E-state index contributed by atoms with van der Waals surface area (Å²) in [5.41, 5.74) is 4.05. The number of benzene rings is 1. The number of aromatic carboxylic acids is 1. The average molecular weight is 416 g/mol. The molecule has 10 heteroatoms. The number of halogens is 3. The SMILES string of the molecule is NC1CN(c2nc3c(cc2F)c(=O)c(C(=O)O)cn3-c2ccc(F)cc2F)C2CC12. The van der Waals surface area contributed by atoms with Gasteiger partial charge in [-0.25, -0.2) is 22.9 Å². The first-order valence-electron chi connectivity index (χ1n) is 9.23. The first kappa shape index (κ1) is 18.6. The van der Waals surface area contributed by atoms with Crippen LogP contribution in [0.25, 0.3) is 16.7 Å². The number of carboxylic acid groups (broad SMARTS) is 1. The van der Waals surface area contributed by atoms with Crippen molar-refractivity contribution in [3.63, 3.8) is 0 Å². The number of nitrogens with zero attached hydrogens (tertiary/aromatic N) is 3. The minimum absolute atomic E-state index is 0.0401. The molecule has 2 aliphatic rings. The topological polar surface area (TPSA) is 101 Å².